The van der Waals surface area contributed by atoms with E-state index in [0.717, 1.165) is 25.7 Å². The summed E-state index contributed by atoms with van der Waals surface area (Å²) in [5, 5.41) is 10.5. The molecule has 1 amide bonds. The largest absolute Gasteiger partial charge is 0.491 e. The summed E-state index contributed by atoms with van der Waals surface area (Å²) >= 11 is 0. The molecular formula is C27H32FN5O5. The average molecular weight is 526 g/mol. The molecule has 0 unspecified atom stereocenters. The van der Waals surface area contributed by atoms with Gasteiger partial charge in [-0.1, -0.05) is 0 Å². The Morgan fingerprint density at radius 3 is 2.58 bits per heavy atom. The van der Waals surface area contributed by atoms with Gasteiger partial charge in [-0.2, -0.15) is 5.10 Å². The monoisotopic (exact) mass is 525 g/mol. The van der Waals surface area contributed by atoms with Gasteiger partial charge in [0.05, 0.1) is 23.9 Å². The molecule has 2 aliphatic rings. The number of amides is 1. The SMILES string of the molecule is CCOC(=O)c1cnn2ccc(NC3(c4cc(F)ccc4OCC4(NC(=O)OC(C)(C)C)CC4)CC3)nc12. The molecule has 5 rings (SSSR count). The van der Waals surface area contributed by atoms with Crippen molar-refractivity contribution >= 4 is 23.5 Å². The van der Waals surface area contributed by atoms with E-state index < -0.39 is 28.7 Å². The number of carbonyl (C=O) groups excluding carboxylic acids is 2. The van der Waals surface area contributed by atoms with Crippen LogP contribution in [0.5, 0.6) is 5.75 Å². The zero-order valence-corrected chi connectivity index (χ0v) is 22.0. The average Bonchev–Trinajstić information content (AvgIpc) is 3.75. The summed E-state index contributed by atoms with van der Waals surface area (Å²) in [7, 11) is 0. The van der Waals surface area contributed by atoms with E-state index in [2.05, 4.69) is 20.7 Å². The van der Waals surface area contributed by atoms with Gasteiger partial charge in [0.2, 0.25) is 0 Å². The van der Waals surface area contributed by atoms with Crippen molar-refractivity contribution in [2.75, 3.05) is 18.5 Å². The first-order chi connectivity index (χ1) is 18.0. The molecule has 10 nitrogen and oxygen atoms in total. The number of halogens is 1. The Morgan fingerprint density at radius 2 is 1.92 bits per heavy atom. The third-order valence-corrected chi connectivity index (χ3v) is 6.56. The summed E-state index contributed by atoms with van der Waals surface area (Å²) < 4.78 is 32.6. The van der Waals surface area contributed by atoms with Crippen molar-refractivity contribution in [2.45, 2.75) is 70.1 Å². The number of aromatic nitrogens is 3. The minimum absolute atomic E-state index is 0.240. The highest BCUT2D eigenvalue weighted by Gasteiger charge is 2.49. The number of anilines is 1. The van der Waals surface area contributed by atoms with Gasteiger partial charge < -0.3 is 24.8 Å². The predicted molar refractivity (Wildman–Crippen MR) is 137 cm³/mol. The molecule has 1 aromatic carbocycles. The fourth-order valence-corrected chi connectivity index (χ4v) is 4.32. The number of nitrogens with zero attached hydrogens (tertiary/aromatic N) is 3. The molecule has 2 saturated carbocycles. The van der Waals surface area contributed by atoms with Gasteiger partial charge in [0.15, 0.2) is 5.65 Å². The van der Waals surface area contributed by atoms with Crippen molar-refractivity contribution in [2.24, 2.45) is 0 Å². The Hall–Kier alpha value is -3.89. The van der Waals surface area contributed by atoms with Gasteiger partial charge in [-0.3, -0.25) is 0 Å². The van der Waals surface area contributed by atoms with E-state index >= 15 is 0 Å². The normalized spacial score (nSPS) is 17.0. The van der Waals surface area contributed by atoms with Crippen molar-refractivity contribution in [3.8, 4) is 5.75 Å². The number of carbonyl (C=O) groups is 2. The lowest BCUT2D eigenvalue weighted by atomic mass is 10.0. The van der Waals surface area contributed by atoms with Gasteiger partial charge in [-0.05, 0) is 77.6 Å². The molecule has 11 heteroatoms. The van der Waals surface area contributed by atoms with Crippen molar-refractivity contribution in [3.05, 3.63) is 53.6 Å². The van der Waals surface area contributed by atoms with Gasteiger partial charge in [0.25, 0.3) is 0 Å². The Kier molecular flexibility index (Phi) is 6.40. The Balaban J connectivity index is 1.34. The van der Waals surface area contributed by atoms with Gasteiger partial charge in [0, 0.05) is 11.8 Å². The summed E-state index contributed by atoms with van der Waals surface area (Å²) in [5.74, 6) is 0.174. The van der Waals surface area contributed by atoms with Crippen molar-refractivity contribution in [1.82, 2.24) is 19.9 Å². The van der Waals surface area contributed by atoms with E-state index in [1.807, 2.05) is 20.8 Å². The highest BCUT2D eigenvalue weighted by Crippen LogP contribution is 2.51. The molecule has 2 fully saturated rings. The minimum atomic E-state index is -0.597. The topological polar surface area (TPSA) is 116 Å². The van der Waals surface area contributed by atoms with E-state index in [-0.39, 0.29) is 24.6 Å². The number of hydrogen-bond acceptors (Lipinski definition) is 8. The van der Waals surface area contributed by atoms with Crippen LogP contribution < -0.4 is 15.4 Å². The fourth-order valence-electron chi connectivity index (χ4n) is 4.32. The van der Waals surface area contributed by atoms with E-state index in [0.29, 0.717) is 22.8 Å². The second kappa shape index (κ2) is 9.45. The number of benzene rings is 1. The van der Waals surface area contributed by atoms with E-state index in [4.69, 9.17) is 14.2 Å². The van der Waals surface area contributed by atoms with Crippen LogP contribution >= 0.6 is 0 Å². The summed E-state index contributed by atoms with van der Waals surface area (Å²) in [5.41, 5.74) is -0.379. The summed E-state index contributed by atoms with van der Waals surface area (Å²) in [6.45, 7) is 7.66. The molecule has 0 saturated heterocycles. The number of ether oxygens (including phenoxy) is 3. The van der Waals surface area contributed by atoms with Gasteiger partial charge in [-0.15, -0.1) is 0 Å². The molecule has 0 aliphatic heterocycles. The molecule has 2 aromatic heterocycles. The standard InChI is InChI=1S/C27H32FN5O5/c1-5-36-23(34)18-15-29-33-13-8-21(30-22(18)33)31-27(11-12-27)19-14-17(28)6-7-20(19)37-16-26(9-10-26)32-24(35)38-25(2,3)4/h6-8,13-15H,5,9-12,16H2,1-4H3,(H,30,31)(H,32,35). The third-order valence-electron chi connectivity index (χ3n) is 6.56. The second-order valence-electron chi connectivity index (χ2n) is 10.9. The van der Waals surface area contributed by atoms with E-state index in [1.165, 1.54) is 22.8 Å². The van der Waals surface area contributed by atoms with Crippen LogP contribution in [0.15, 0.2) is 36.7 Å². The summed E-state index contributed by atoms with van der Waals surface area (Å²) in [6, 6.07) is 6.19. The van der Waals surface area contributed by atoms with Crippen LogP contribution in [0, 0.1) is 5.82 Å². The first-order valence-electron chi connectivity index (χ1n) is 12.8. The number of hydrogen-bond donors (Lipinski definition) is 2. The molecule has 2 aliphatic carbocycles. The Labute approximate surface area is 219 Å². The van der Waals surface area contributed by atoms with Crippen LogP contribution in [0.1, 0.15) is 69.3 Å². The second-order valence-corrected chi connectivity index (χ2v) is 10.9. The number of fused-ring (bicyclic) bond motifs is 1. The smallest absolute Gasteiger partial charge is 0.408 e. The fraction of sp³-hybridized carbons (Fsp3) is 0.481. The number of nitrogens with one attached hydrogen (secondary N) is 2. The van der Waals surface area contributed by atoms with Gasteiger partial charge in [-0.25, -0.2) is 23.5 Å². The number of rotatable bonds is 9. The Morgan fingerprint density at radius 1 is 1.16 bits per heavy atom. The maximum atomic E-state index is 14.4. The lowest BCUT2D eigenvalue weighted by Crippen LogP contribution is -2.44. The van der Waals surface area contributed by atoms with Crippen molar-refractivity contribution in [1.29, 1.82) is 0 Å². The van der Waals surface area contributed by atoms with Crippen molar-refractivity contribution in [3.63, 3.8) is 0 Å². The zero-order chi connectivity index (χ0) is 27.1. The van der Waals surface area contributed by atoms with Crippen LogP contribution in [-0.4, -0.2) is 51.0 Å². The van der Waals surface area contributed by atoms with Crippen LogP contribution in [-0.2, 0) is 15.0 Å². The summed E-state index contributed by atoms with van der Waals surface area (Å²) in [6.07, 6.45) is 5.66. The maximum Gasteiger partial charge on any atom is 0.408 e. The first-order valence-corrected chi connectivity index (χ1v) is 12.8. The molecule has 2 heterocycles. The summed E-state index contributed by atoms with van der Waals surface area (Å²) in [4.78, 5) is 29.2. The highest BCUT2D eigenvalue weighted by molar-refractivity contribution is 5.95. The molecular weight excluding hydrogens is 493 g/mol. The van der Waals surface area contributed by atoms with Gasteiger partial charge >= 0.3 is 12.1 Å². The van der Waals surface area contributed by atoms with Crippen LogP contribution in [0.4, 0.5) is 15.0 Å². The first kappa shape index (κ1) is 25.7. The molecule has 0 spiro atoms. The zero-order valence-electron chi connectivity index (χ0n) is 22.0. The van der Waals surface area contributed by atoms with Crippen molar-refractivity contribution < 1.29 is 28.2 Å². The molecule has 0 radical (unpaired) electrons. The van der Waals surface area contributed by atoms with E-state index in [1.54, 1.807) is 25.3 Å². The lowest BCUT2D eigenvalue weighted by molar-refractivity contribution is 0.0474. The highest BCUT2D eigenvalue weighted by atomic mass is 19.1. The number of esters is 1. The molecule has 0 atom stereocenters. The molecule has 38 heavy (non-hydrogen) atoms. The van der Waals surface area contributed by atoms with Crippen LogP contribution in [0.2, 0.25) is 0 Å². The molecule has 2 N–H and O–H groups in total. The van der Waals surface area contributed by atoms with Crippen LogP contribution in [0.25, 0.3) is 5.65 Å². The maximum absolute atomic E-state index is 14.4. The quantitative estimate of drug-likeness (QED) is 0.390. The third kappa shape index (κ3) is 5.51. The predicted octanol–water partition coefficient (Wildman–Crippen LogP) is 4.58. The molecule has 0 bridgehead atoms. The molecule has 202 valence electrons. The lowest BCUT2D eigenvalue weighted by Gasteiger charge is -2.25. The minimum Gasteiger partial charge on any atom is -0.491 e. The Bertz CT molecular complexity index is 1370. The van der Waals surface area contributed by atoms with Gasteiger partial charge in [0.1, 0.15) is 35.2 Å². The van der Waals surface area contributed by atoms with E-state index in [9.17, 15) is 14.0 Å². The number of alkyl carbamates (subject to hydrolysis) is 1. The van der Waals surface area contributed by atoms with Crippen LogP contribution in [0.3, 0.4) is 0 Å². The molecule has 3 aromatic rings.